The Kier molecular flexibility index (Phi) is 7.88. The van der Waals surface area contributed by atoms with Crippen molar-refractivity contribution < 1.29 is 14.7 Å². The summed E-state index contributed by atoms with van der Waals surface area (Å²) in [5, 5.41) is 24.5. The lowest BCUT2D eigenvalue weighted by Crippen LogP contribution is -2.27. The van der Waals surface area contributed by atoms with Gasteiger partial charge in [0, 0.05) is 29.3 Å². The molecule has 0 spiro atoms. The van der Waals surface area contributed by atoms with E-state index in [0.717, 1.165) is 28.8 Å². The van der Waals surface area contributed by atoms with Crippen molar-refractivity contribution in [1.82, 2.24) is 5.32 Å². The summed E-state index contributed by atoms with van der Waals surface area (Å²) in [6.07, 6.45) is 0.766. The highest BCUT2D eigenvalue weighted by Gasteiger charge is 2.29. The Morgan fingerprint density at radius 3 is 2.39 bits per heavy atom. The fourth-order valence-corrected chi connectivity index (χ4v) is 5.42. The Balaban J connectivity index is 1.50. The molecule has 1 aliphatic heterocycles. The first-order valence-electron chi connectivity index (χ1n) is 13.8. The van der Waals surface area contributed by atoms with Gasteiger partial charge in [0.1, 0.15) is 5.84 Å². The van der Waals surface area contributed by atoms with Gasteiger partial charge in [0.2, 0.25) is 0 Å². The van der Waals surface area contributed by atoms with Gasteiger partial charge in [-0.1, -0.05) is 68.4 Å². The van der Waals surface area contributed by atoms with E-state index in [1.54, 1.807) is 12.1 Å². The third kappa shape index (κ3) is 5.99. The number of aromatic carboxylic acids is 1. The summed E-state index contributed by atoms with van der Waals surface area (Å²) >= 11 is 0. The van der Waals surface area contributed by atoms with Crippen LogP contribution in [0, 0.1) is 11.3 Å². The van der Waals surface area contributed by atoms with Crippen molar-refractivity contribution in [2.45, 2.75) is 32.2 Å². The first kappa shape index (κ1) is 27.6. The van der Waals surface area contributed by atoms with Crippen molar-refractivity contribution in [2.75, 3.05) is 11.9 Å². The predicted molar refractivity (Wildman–Crippen MR) is 163 cm³/mol. The third-order valence-corrected chi connectivity index (χ3v) is 7.52. The zero-order valence-electron chi connectivity index (χ0n) is 23.1. The summed E-state index contributed by atoms with van der Waals surface area (Å²) in [6.45, 7) is 4.52. The van der Waals surface area contributed by atoms with Crippen LogP contribution in [-0.2, 0) is 0 Å². The SMILES string of the molecule is CC(C)CNC(=O)c1ccc(-c2cccc(C3CC(c4ccccc4)c4cc(C(=N)N)ccc4N3)c2)c(C(=O)O)c1. The number of anilines is 1. The molecule has 2 unspecified atom stereocenters. The van der Waals surface area contributed by atoms with E-state index in [4.69, 9.17) is 11.1 Å². The van der Waals surface area contributed by atoms with Crippen LogP contribution in [0.3, 0.4) is 0 Å². The minimum atomic E-state index is -1.08. The molecule has 4 aromatic rings. The minimum Gasteiger partial charge on any atom is -0.478 e. The summed E-state index contributed by atoms with van der Waals surface area (Å²) in [7, 11) is 0. The van der Waals surface area contributed by atoms with E-state index in [1.807, 2.05) is 74.5 Å². The molecule has 7 heteroatoms. The quantitative estimate of drug-likeness (QED) is 0.129. The summed E-state index contributed by atoms with van der Waals surface area (Å²) in [4.78, 5) is 24.9. The lowest BCUT2D eigenvalue weighted by molar-refractivity contribution is 0.0697. The zero-order chi connectivity index (χ0) is 29.1. The fourth-order valence-electron chi connectivity index (χ4n) is 5.42. The van der Waals surface area contributed by atoms with Crippen molar-refractivity contribution in [2.24, 2.45) is 11.7 Å². The number of rotatable bonds is 8. The Morgan fingerprint density at radius 1 is 0.951 bits per heavy atom. The average molecular weight is 547 g/mol. The highest BCUT2D eigenvalue weighted by Crippen LogP contribution is 2.44. The van der Waals surface area contributed by atoms with E-state index in [1.165, 1.54) is 11.6 Å². The molecule has 0 aliphatic carbocycles. The lowest BCUT2D eigenvalue weighted by atomic mass is 9.79. The second-order valence-electron chi connectivity index (χ2n) is 10.9. The average Bonchev–Trinajstić information content (AvgIpc) is 2.99. The van der Waals surface area contributed by atoms with Gasteiger partial charge in [-0.25, -0.2) is 4.79 Å². The predicted octanol–water partition coefficient (Wildman–Crippen LogP) is 6.41. The van der Waals surface area contributed by atoms with Gasteiger partial charge in [-0.2, -0.15) is 0 Å². The van der Waals surface area contributed by atoms with Crippen LogP contribution < -0.4 is 16.4 Å². The van der Waals surface area contributed by atoms with Crippen LogP contribution >= 0.6 is 0 Å². The molecular weight excluding hydrogens is 512 g/mol. The molecule has 0 fully saturated rings. The molecular formula is C34H34N4O3. The number of amides is 1. The maximum Gasteiger partial charge on any atom is 0.336 e. The monoisotopic (exact) mass is 546 g/mol. The van der Waals surface area contributed by atoms with Gasteiger partial charge < -0.3 is 21.5 Å². The maximum absolute atomic E-state index is 12.6. The van der Waals surface area contributed by atoms with Gasteiger partial charge in [-0.3, -0.25) is 10.2 Å². The summed E-state index contributed by atoms with van der Waals surface area (Å²) < 4.78 is 0. The number of nitrogen functional groups attached to an aromatic ring is 1. The summed E-state index contributed by atoms with van der Waals surface area (Å²) in [6, 6.07) is 28.8. The van der Waals surface area contributed by atoms with Gasteiger partial charge >= 0.3 is 5.97 Å². The molecule has 7 nitrogen and oxygen atoms in total. The van der Waals surface area contributed by atoms with Gasteiger partial charge in [-0.05, 0) is 76.6 Å². The summed E-state index contributed by atoms with van der Waals surface area (Å²) in [5.74, 6) is -0.964. The molecule has 6 N–H and O–H groups in total. The number of nitrogens with two attached hydrogens (primary N) is 1. The van der Waals surface area contributed by atoms with Crippen LogP contribution in [0.2, 0.25) is 0 Å². The first-order chi connectivity index (χ1) is 19.7. The maximum atomic E-state index is 12.6. The highest BCUT2D eigenvalue weighted by atomic mass is 16.4. The Morgan fingerprint density at radius 2 is 1.68 bits per heavy atom. The van der Waals surface area contributed by atoms with Crippen molar-refractivity contribution in [3.05, 3.63) is 124 Å². The number of hydrogen-bond acceptors (Lipinski definition) is 4. The molecule has 208 valence electrons. The number of amidine groups is 1. The lowest BCUT2D eigenvalue weighted by Gasteiger charge is -2.34. The van der Waals surface area contributed by atoms with Gasteiger partial charge in [0.25, 0.3) is 5.91 Å². The number of nitrogens with one attached hydrogen (secondary N) is 3. The van der Waals surface area contributed by atoms with Crippen molar-refractivity contribution in [3.8, 4) is 11.1 Å². The van der Waals surface area contributed by atoms with Gasteiger partial charge in [0.05, 0.1) is 11.6 Å². The van der Waals surface area contributed by atoms with Crippen LogP contribution in [0.25, 0.3) is 11.1 Å². The number of benzene rings is 4. The van der Waals surface area contributed by atoms with Crippen LogP contribution in [0.1, 0.15) is 75.2 Å². The molecule has 2 atom stereocenters. The fraction of sp³-hybridized carbons (Fsp3) is 0.206. The first-order valence-corrected chi connectivity index (χ1v) is 13.8. The van der Waals surface area contributed by atoms with E-state index in [9.17, 15) is 14.7 Å². The van der Waals surface area contributed by atoms with E-state index in [2.05, 4.69) is 22.8 Å². The van der Waals surface area contributed by atoms with Crippen molar-refractivity contribution >= 4 is 23.4 Å². The minimum absolute atomic E-state index is 0.0343. The second-order valence-corrected chi connectivity index (χ2v) is 10.9. The smallest absolute Gasteiger partial charge is 0.336 e. The zero-order valence-corrected chi connectivity index (χ0v) is 23.1. The Labute approximate surface area is 239 Å². The van der Waals surface area contributed by atoms with Crippen LogP contribution in [0.5, 0.6) is 0 Å². The number of carbonyl (C=O) groups excluding carboxylic acids is 1. The topological polar surface area (TPSA) is 128 Å². The molecule has 1 heterocycles. The molecule has 0 saturated carbocycles. The summed E-state index contributed by atoms with van der Waals surface area (Å²) in [5.41, 5.74) is 12.5. The molecule has 0 bridgehead atoms. The molecule has 0 radical (unpaired) electrons. The Bertz CT molecular complexity index is 1610. The van der Waals surface area contributed by atoms with E-state index in [-0.39, 0.29) is 35.2 Å². The molecule has 0 aromatic heterocycles. The van der Waals surface area contributed by atoms with E-state index < -0.39 is 5.97 Å². The van der Waals surface area contributed by atoms with Crippen LogP contribution in [0.15, 0.2) is 91.0 Å². The van der Waals surface area contributed by atoms with Crippen molar-refractivity contribution in [3.63, 3.8) is 0 Å². The largest absolute Gasteiger partial charge is 0.478 e. The molecule has 0 saturated heterocycles. The molecule has 4 aromatic carbocycles. The number of carboxylic acids is 1. The normalized spacial score (nSPS) is 16.0. The van der Waals surface area contributed by atoms with Crippen LogP contribution in [0.4, 0.5) is 5.69 Å². The van der Waals surface area contributed by atoms with Crippen LogP contribution in [-0.4, -0.2) is 29.4 Å². The number of fused-ring (bicyclic) bond motifs is 1. The van der Waals surface area contributed by atoms with Gasteiger partial charge in [0.15, 0.2) is 0 Å². The molecule has 1 aliphatic rings. The van der Waals surface area contributed by atoms with E-state index >= 15 is 0 Å². The number of carbonyl (C=O) groups is 2. The second kappa shape index (κ2) is 11.7. The Hall–Kier alpha value is -4.91. The molecule has 5 rings (SSSR count). The molecule has 41 heavy (non-hydrogen) atoms. The van der Waals surface area contributed by atoms with Crippen molar-refractivity contribution in [1.29, 1.82) is 5.41 Å². The third-order valence-electron chi connectivity index (χ3n) is 7.52. The van der Waals surface area contributed by atoms with Gasteiger partial charge in [-0.15, -0.1) is 0 Å². The highest BCUT2D eigenvalue weighted by molar-refractivity contribution is 6.01. The number of hydrogen-bond donors (Lipinski definition) is 5. The standard InChI is InChI=1S/C34H34N4O3/c1-20(2)19-37-33(39)25-11-13-26(29(17-25)34(40)41)22-9-6-10-23(15-22)31-18-27(21-7-4-3-5-8-21)28-16-24(32(35)36)12-14-30(28)38-31/h3-17,20,27,31,38H,18-19H2,1-2H3,(H3,35,36)(H,37,39)(H,40,41). The van der Waals surface area contributed by atoms with E-state index in [0.29, 0.717) is 23.2 Å². The molecule has 1 amide bonds. The number of carboxylic acid groups (broad SMARTS) is 1.